The molecule has 0 unspecified atom stereocenters. The number of allylic oxidation sites excluding steroid dienone is 1. The number of hydrogen-bond acceptors (Lipinski definition) is 3. The first-order valence-corrected chi connectivity index (χ1v) is 12.0. The van der Waals surface area contributed by atoms with Crippen LogP contribution in [-0.2, 0) is 4.08 Å². The molecule has 0 saturated carbocycles. The SMILES string of the molecule is CCCSC1(SCCC)CC=Cc2cc(C#Cc3ccc(C(=O)O)cc3)ccc21. The second-order valence-corrected chi connectivity index (χ2v) is 10.0. The molecule has 0 bridgehead atoms. The van der Waals surface area contributed by atoms with Gasteiger partial charge in [0.15, 0.2) is 0 Å². The van der Waals surface area contributed by atoms with E-state index >= 15 is 0 Å². The van der Waals surface area contributed by atoms with E-state index in [0.29, 0.717) is 0 Å². The number of rotatable bonds is 7. The molecule has 0 radical (unpaired) electrons. The van der Waals surface area contributed by atoms with Gasteiger partial charge in [0.1, 0.15) is 0 Å². The van der Waals surface area contributed by atoms with Crippen molar-refractivity contribution < 1.29 is 9.90 Å². The van der Waals surface area contributed by atoms with E-state index in [1.54, 1.807) is 24.3 Å². The Balaban J connectivity index is 1.87. The van der Waals surface area contributed by atoms with Gasteiger partial charge in [0.05, 0.1) is 9.64 Å². The van der Waals surface area contributed by atoms with Crippen molar-refractivity contribution in [3.63, 3.8) is 0 Å². The summed E-state index contributed by atoms with van der Waals surface area (Å²) in [6, 6.07) is 13.2. The van der Waals surface area contributed by atoms with Gasteiger partial charge in [-0.1, -0.05) is 43.9 Å². The minimum Gasteiger partial charge on any atom is -0.478 e. The maximum Gasteiger partial charge on any atom is 0.335 e. The van der Waals surface area contributed by atoms with Crippen molar-refractivity contribution in [1.29, 1.82) is 0 Å². The van der Waals surface area contributed by atoms with Crippen LogP contribution in [0.15, 0.2) is 48.5 Å². The molecule has 0 aromatic heterocycles. The number of carboxylic acid groups (broad SMARTS) is 1. The molecule has 0 aliphatic heterocycles. The highest BCUT2D eigenvalue weighted by atomic mass is 32.2. The lowest BCUT2D eigenvalue weighted by molar-refractivity contribution is 0.0697. The Morgan fingerprint density at radius 1 is 1.00 bits per heavy atom. The molecule has 1 N–H and O–H groups in total. The normalized spacial score (nSPS) is 14.0. The average Bonchev–Trinajstić information content (AvgIpc) is 2.75. The van der Waals surface area contributed by atoms with E-state index in [4.69, 9.17) is 5.11 Å². The summed E-state index contributed by atoms with van der Waals surface area (Å²) < 4.78 is 0.106. The number of hydrogen-bond donors (Lipinski definition) is 1. The van der Waals surface area contributed by atoms with Gasteiger partial charge in [0, 0.05) is 11.1 Å². The number of carboxylic acids is 1. The van der Waals surface area contributed by atoms with Gasteiger partial charge in [-0.05, 0) is 78.3 Å². The predicted molar refractivity (Wildman–Crippen MR) is 127 cm³/mol. The summed E-state index contributed by atoms with van der Waals surface area (Å²) in [5, 5.41) is 9.00. The molecule has 4 heteroatoms. The zero-order valence-electron chi connectivity index (χ0n) is 16.9. The highest BCUT2D eigenvalue weighted by molar-refractivity contribution is 8.17. The fourth-order valence-electron chi connectivity index (χ4n) is 3.27. The quantitative estimate of drug-likeness (QED) is 0.401. The first-order valence-electron chi connectivity index (χ1n) is 10.0. The Bertz CT molecular complexity index is 941. The van der Waals surface area contributed by atoms with Crippen molar-refractivity contribution in [2.75, 3.05) is 11.5 Å². The Kier molecular flexibility index (Phi) is 7.52. The van der Waals surface area contributed by atoms with Crippen LogP contribution in [-0.4, -0.2) is 22.6 Å². The molecule has 150 valence electrons. The lowest BCUT2D eigenvalue weighted by Gasteiger charge is -2.36. The number of carbonyl (C=O) groups is 1. The van der Waals surface area contributed by atoms with Gasteiger partial charge in [-0.2, -0.15) is 0 Å². The zero-order valence-corrected chi connectivity index (χ0v) is 18.5. The fourth-order valence-corrected chi connectivity index (χ4v) is 6.28. The minimum atomic E-state index is -0.920. The number of thioether (sulfide) groups is 2. The third-order valence-corrected chi connectivity index (χ3v) is 8.35. The van der Waals surface area contributed by atoms with Crippen molar-refractivity contribution in [1.82, 2.24) is 0 Å². The maximum absolute atomic E-state index is 11.0. The highest BCUT2D eigenvalue weighted by Gasteiger charge is 2.35. The van der Waals surface area contributed by atoms with Crippen molar-refractivity contribution in [2.45, 2.75) is 37.2 Å². The van der Waals surface area contributed by atoms with Crippen molar-refractivity contribution >= 4 is 35.6 Å². The van der Waals surface area contributed by atoms with Crippen LogP contribution in [0.25, 0.3) is 6.08 Å². The molecule has 2 aromatic carbocycles. The molecule has 0 amide bonds. The molecule has 0 spiro atoms. The second kappa shape index (κ2) is 10.1. The van der Waals surface area contributed by atoms with E-state index in [2.05, 4.69) is 79.6 Å². The summed E-state index contributed by atoms with van der Waals surface area (Å²) in [6.45, 7) is 4.49. The maximum atomic E-state index is 11.0. The summed E-state index contributed by atoms with van der Waals surface area (Å²) in [7, 11) is 0. The Hall–Kier alpha value is -2.09. The van der Waals surface area contributed by atoms with Crippen LogP contribution in [0.2, 0.25) is 0 Å². The van der Waals surface area contributed by atoms with Crippen LogP contribution in [0.1, 0.15) is 65.7 Å². The molecule has 1 aliphatic rings. The van der Waals surface area contributed by atoms with Gasteiger partial charge in [-0.15, -0.1) is 23.5 Å². The average molecular weight is 423 g/mol. The minimum absolute atomic E-state index is 0.106. The number of benzene rings is 2. The predicted octanol–water partition coefficient (Wildman–Crippen LogP) is 6.64. The molecule has 3 rings (SSSR count). The zero-order chi connectivity index (χ0) is 20.7. The van der Waals surface area contributed by atoms with Crippen LogP contribution < -0.4 is 0 Å². The van der Waals surface area contributed by atoms with Crippen molar-refractivity contribution in [3.8, 4) is 11.8 Å². The van der Waals surface area contributed by atoms with Gasteiger partial charge in [-0.25, -0.2) is 4.79 Å². The summed E-state index contributed by atoms with van der Waals surface area (Å²) in [5.74, 6) is 7.78. The van der Waals surface area contributed by atoms with Gasteiger partial charge < -0.3 is 5.11 Å². The van der Waals surface area contributed by atoms with Crippen molar-refractivity contribution in [3.05, 3.63) is 76.4 Å². The molecule has 0 heterocycles. The van der Waals surface area contributed by atoms with Crippen molar-refractivity contribution in [2.24, 2.45) is 0 Å². The summed E-state index contributed by atoms with van der Waals surface area (Å²) in [4.78, 5) is 11.0. The first-order chi connectivity index (χ1) is 14.1. The highest BCUT2D eigenvalue weighted by Crippen LogP contribution is 2.53. The van der Waals surface area contributed by atoms with E-state index in [1.165, 1.54) is 24.0 Å². The Morgan fingerprint density at radius 3 is 2.24 bits per heavy atom. The lowest BCUT2D eigenvalue weighted by Crippen LogP contribution is -2.22. The molecule has 2 aromatic rings. The molecule has 0 saturated heterocycles. The number of aromatic carboxylic acids is 1. The summed E-state index contributed by atoms with van der Waals surface area (Å²) in [6.07, 6.45) is 7.95. The molecule has 0 fully saturated rings. The first kappa shape index (κ1) is 21.6. The smallest absolute Gasteiger partial charge is 0.335 e. The number of fused-ring (bicyclic) bond motifs is 1. The van der Waals surface area contributed by atoms with E-state index in [-0.39, 0.29) is 9.64 Å². The largest absolute Gasteiger partial charge is 0.478 e. The molecular formula is C25H26O2S2. The molecule has 1 aliphatic carbocycles. The Morgan fingerprint density at radius 2 is 1.62 bits per heavy atom. The molecule has 2 nitrogen and oxygen atoms in total. The van der Waals surface area contributed by atoms with E-state index in [1.807, 2.05) is 0 Å². The third kappa shape index (κ3) is 5.29. The van der Waals surface area contributed by atoms with E-state index < -0.39 is 5.97 Å². The van der Waals surface area contributed by atoms with Crippen LogP contribution in [0.5, 0.6) is 0 Å². The molecular weight excluding hydrogens is 396 g/mol. The third-order valence-electron chi connectivity index (χ3n) is 4.71. The van der Waals surface area contributed by atoms with E-state index in [9.17, 15) is 4.79 Å². The van der Waals surface area contributed by atoms with Crippen LogP contribution in [0.4, 0.5) is 0 Å². The molecule has 0 atom stereocenters. The monoisotopic (exact) mass is 422 g/mol. The lowest BCUT2D eigenvalue weighted by atomic mass is 9.94. The summed E-state index contributed by atoms with van der Waals surface area (Å²) in [5.41, 5.74) is 4.74. The topological polar surface area (TPSA) is 37.3 Å². The van der Waals surface area contributed by atoms with Gasteiger partial charge in [0.25, 0.3) is 0 Å². The van der Waals surface area contributed by atoms with E-state index in [0.717, 1.165) is 29.1 Å². The standard InChI is InChI=1S/C25H26O2S2/c1-3-16-28-25(29-17-4-2)15-5-6-22-18-20(11-14-23(22)25)8-7-19-9-12-21(13-10-19)24(26)27/h5-6,9-14,18H,3-4,15-17H2,1-2H3,(H,26,27). The van der Waals surface area contributed by atoms with Gasteiger partial charge in [0.2, 0.25) is 0 Å². The van der Waals surface area contributed by atoms with Crippen LogP contribution in [0, 0.1) is 11.8 Å². The molecule has 29 heavy (non-hydrogen) atoms. The van der Waals surface area contributed by atoms with Crippen LogP contribution >= 0.6 is 23.5 Å². The van der Waals surface area contributed by atoms with Gasteiger partial charge in [-0.3, -0.25) is 0 Å². The van der Waals surface area contributed by atoms with Crippen LogP contribution in [0.3, 0.4) is 0 Å². The second-order valence-electron chi connectivity index (χ2n) is 6.99. The summed E-state index contributed by atoms with van der Waals surface area (Å²) >= 11 is 4.15. The fraction of sp³-hybridized carbons (Fsp3) is 0.320. The van der Waals surface area contributed by atoms with Gasteiger partial charge >= 0.3 is 5.97 Å². The Labute approximate surface area is 182 Å².